The second kappa shape index (κ2) is 9.49. The Kier molecular flexibility index (Phi) is 5.44. The normalized spacial score (nSPS) is 15.0. The Balaban J connectivity index is 1.35. The molecule has 0 aliphatic heterocycles. The van der Waals surface area contributed by atoms with E-state index in [9.17, 15) is 0 Å². The van der Waals surface area contributed by atoms with Gasteiger partial charge in [-0.3, -0.25) is 0 Å². The van der Waals surface area contributed by atoms with E-state index >= 15 is 0 Å². The van der Waals surface area contributed by atoms with Gasteiger partial charge in [-0.2, -0.15) is 0 Å². The summed E-state index contributed by atoms with van der Waals surface area (Å²) in [6, 6.07) is 51.2. The molecule has 10 rings (SSSR count). The quantitative estimate of drug-likeness (QED) is 0.196. The molecule has 8 aromatic rings. The van der Waals surface area contributed by atoms with E-state index in [2.05, 4.69) is 172 Å². The van der Waals surface area contributed by atoms with E-state index < -0.39 is 0 Å². The zero-order valence-corrected chi connectivity index (χ0v) is 27.6. The first-order valence-electron chi connectivity index (χ1n) is 17.0. The Morgan fingerprint density at radius 2 is 0.875 bits per heavy atom. The molecule has 48 heavy (non-hydrogen) atoms. The number of para-hydroxylation sites is 1. The lowest BCUT2D eigenvalue weighted by atomic mass is 9.82. The Bertz CT molecular complexity index is 2530. The Morgan fingerprint density at radius 1 is 0.396 bits per heavy atom. The summed E-state index contributed by atoms with van der Waals surface area (Å²) in [6.07, 6.45) is 0. The van der Waals surface area contributed by atoms with Gasteiger partial charge in [-0.1, -0.05) is 143 Å². The van der Waals surface area contributed by atoms with Gasteiger partial charge in [0, 0.05) is 38.1 Å². The lowest BCUT2D eigenvalue weighted by molar-refractivity contribution is 0.660. The third kappa shape index (κ3) is 3.47. The van der Waals surface area contributed by atoms with E-state index in [1.54, 1.807) is 0 Å². The second-order valence-electron chi connectivity index (χ2n) is 14.5. The molecule has 2 aliphatic carbocycles. The van der Waals surface area contributed by atoms with E-state index in [1.807, 2.05) is 0 Å². The second-order valence-corrected chi connectivity index (χ2v) is 14.5. The summed E-state index contributed by atoms with van der Waals surface area (Å²) in [5.74, 6) is 0. The molecule has 0 bridgehead atoms. The minimum absolute atomic E-state index is 0.120. The van der Waals surface area contributed by atoms with Crippen molar-refractivity contribution in [1.29, 1.82) is 0 Å². The van der Waals surface area contributed by atoms with Crippen LogP contribution < -0.4 is 4.90 Å². The summed E-state index contributed by atoms with van der Waals surface area (Å²) in [6.45, 7) is 9.43. The fourth-order valence-electron chi connectivity index (χ4n) is 8.92. The zero-order chi connectivity index (χ0) is 32.4. The highest BCUT2D eigenvalue weighted by molar-refractivity contribution is 6.18. The fraction of sp³-hybridized carbons (Fsp3) is 0.130. The van der Waals surface area contributed by atoms with Crippen molar-refractivity contribution < 1.29 is 4.42 Å². The van der Waals surface area contributed by atoms with Crippen LogP contribution in [0.1, 0.15) is 49.9 Å². The van der Waals surface area contributed by atoms with E-state index in [0.717, 1.165) is 33.0 Å². The van der Waals surface area contributed by atoms with Crippen molar-refractivity contribution in [1.82, 2.24) is 0 Å². The largest absolute Gasteiger partial charge is 0.453 e. The summed E-state index contributed by atoms with van der Waals surface area (Å²) in [5.41, 5.74) is 15.6. The molecule has 0 unspecified atom stereocenters. The lowest BCUT2D eigenvalue weighted by Crippen LogP contribution is -2.17. The first-order chi connectivity index (χ1) is 23.4. The van der Waals surface area contributed by atoms with Crippen LogP contribution in [0.5, 0.6) is 0 Å². The van der Waals surface area contributed by atoms with Crippen molar-refractivity contribution in [2.24, 2.45) is 0 Å². The monoisotopic (exact) mass is 617 g/mol. The van der Waals surface area contributed by atoms with Crippen LogP contribution in [0, 0.1) is 0 Å². The molecular weight excluding hydrogens is 583 g/mol. The highest BCUT2D eigenvalue weighted by atomic mass is 16.3. The average molecular weight is 618 g/mol. The van der Waals surface area contributed by atoms with Crippen molar-refractivity contribution in [3.8, 4) is 22.3 Å². The van der Waals surface area contributed by atoms with Crippen LogP contribution in [0.15, 0.2) is 144 Å². The SMILES string of the molecule is CC1(C)c2ccccc2-c2c(N(c3cccc4c3-c3ccccc3C4(C)C)c3cccc4c3oc3c5ccccc5ccc43)cccc21. The van der Waals surface area contributed by atoms with Gasteiger partial charge in [-0.15, -0.1) is 0 Å². The molecule has 1 aromatic heterocycles. The molecule has 7 aromatic carbocycles. The van der Waals surface area contributed by atoms with Crippen molar-refractivity contribution in [2.75, 3.05) is 4.90 Å². The molecule has 2 heteroatoms. The first-order valence-corrected chi connectivity index (χ1v) is 17.0. The average Bonchev–Trinajstić information content (AvgIpc) is 3.70. The smallest absolute Gasteiger partial charge is 0.159 e. The molecule has 0 N–H and O–H groups in total. The number of fused-ring (bicyclic) bond motifs is 11. The van der Waals surface area contributed by atoms with Crippen LogP contribution in [0.3, 0.4) is 0 Å². The van der Waals surface area contributed by atoms with E-state index in [1.165, 1.54) is 61.3 Å². The number of hydrogen-bond donors (Lipinski definition) is 0. The van der Waals surface area contributed by atoms with Crippen LogP contribution in [-0.4, -0.2) is 0 Å². The van der Waals surface area contributed by atoms with Gasteiger partial charge in [0.25, 0.3) is 0 Å². The zero-order valence-electron chi connectivity index (χ0n) is 27.6. The summed E-state index contributed by atoms with van der Waals surface area (Å²) < 4.78 is 7.04. The fourth-order valence-corrected chi connectivity index (χ4v) is 8.92. The molecular formula is C46H35NO. The van der Waals surface area contributed by atoms with Crippen LogP contribution in [0.2, 0.25) is 0 Å². The number of benzene rings is 7. The maximum atomic E-state index is 7.04. The number of nitrogens with zero attached hydrogens (tertiary/aromatic N) is 1. The minimum Gasteiger partial charge on any atom is -0.453 e. The molecule has 0 spiro atoms. The van der Waals surface area contributed by atoms with Crippen molar-refractivity contribution in [3.05, 3.63) is 162 Å². The molecule has 0 fully saturated rings. The third-order valence-corrected chi connectivity index (χ3v) is 11.3. The lowest BCUT2D eigenvalue weighted by Gasteiger charge is -2.31. The molecule has 0 saturated carbocycles. The molecule has 0 radical (unpaired) electrons. The number of hydrogen-bond acceptors (Lipinski definition) is 2. The van der Waals surface area contributed by atoms with Gasteiger partial charge in [-0.25, -0.2) is 0 Å². The Labute approximate surface area is 280 Å². The number of rotatable bonds is 3. The van der Waals surface area contributed by atoms with Crippen LogP contribution in [0.25, 0.3) is 55.0 Å². The van der Waals surface area contributed by atoms with Gasteiger partial charge >= 0.3 is 0 Å². The van der Waals surface area contributed by atoms with Gasteiger partial charge in [0.05, 0.1) is 17.1 Å². The summed E-state index contributed by atoms with van der Waals surface area (Å²) in [4.78, 5) is 2.50. The van der Waals surface area contributed by atoms with Gasteiger partial charge in [0.15, 0.2) is 5.58 Å². The van der Waals surface area contributed by atoms with Gasteiger partial charge in [-0.05, 0) is 63.0 Å². The predicted molar refractivity (Wildman–Crippen MR) is 201 cm³/mol. The summed E-state index contributed by atoms with van der Waals surface area (Å²) >= 11 is 0. The van der Waals surface area contributed by atoms with Crippen molar-refractivity contribution >= 4 is 49.8 Å². The first kappa shape index (κ1) is 27.5. The van der Waals surface area contributed by atoms with Gasteiger partial charge in [0.1, 0.15) is 5.58 Å². The molecule has 1 heterocycles. The third-order valence-electron chi connectivity index (χ3n) is 11.3. The van der Waals surface area contributed by atoms with E-state index in [0.29, 0.717) is 0 Å². The number of anilines is 3. The molecule has 230 valence electrons. The standard InChI is InChI=1S/C46H35NO/c1-45(2)34-19-9-7-16-32(34)41-36(45)21-12-23-38(41)47(39-24-13-22-37-42(39)33-17-8-10-20-35(33)46(37,3)4)40-25-11-18-30-31-27-26-28-14-5-6-15-29(28)43(31)48-44(30)40/h5-27H,1-4H3. The van der Waals surface area contributed by atoms with Crippen molar-refractivity contribution in [3.63, 3.8) is 0 Å². The topological polar surface area (TPSA) is 16.4 Å². The molecule has 2 nitrogen and oxygen atoms in total. The van der Waals surface area contributed by atoms with E-state index in [-0.39, 0.29) is 10.8 Å². The molecule has 0 saturated heterocycles. The number of furan rings is 1. The van der Waals surface area contributed by atoms with Crippen LogP contribution in [-0.2, 0) is 10.8 Å². The summed E-state index contributed by atoms with van der Waals surface area (Å²) in [5, 5.41) is 4.58. The Morgan fingerprint density at radius 3 is 1.52 bits per heavy atom. The van der Waals surface area contributed by atoms with Crippen LogP contribution in [0.4, 0.5) is 17.1 Å². The Hall–Kier alpha value is -5.60. The summed E-state index contributed by atoms with van der Waals surface area (Å²) in [7, 11) is 0. The van der Waals surface area contributed by atoms with E-state index in [4.69, 9.17) is 4.42 Å². The highest BCUT2D eigenvalue weighted by Gasteiger charge is 2.41. The predicted octanol–water partition coefficient (Wildman–Crippen LogP) is 12.8. The molecule has 0 atom stereocenters. The maximum absolute atomic E-state index is 7.04. The maximum Gasteiger partial charge on any atom is 0.159 e. The van der Waals surface area contributed by atoms with Crippen molar-refractivity contribution in [2.45, 2.75) is 38.5 Å². The van der Waals surface area contributed by atoms with Crippen LogP contribution >= 0.6 is 0 Å². The minimum atomic E-state index is -0.120. The van der Waals surface area contributed by atoms with Gasteiger partial charge in [0.2, 0.25) is 0 Å². The molecule has 0 amide bonds. The van der Waals surface area contributed by atoms with Gasteiger partial charge < -0.3 is 9.32 Å². The molecule has 2 aliphatic rings. The highest BCUT2D eigenvalue weighted by Crippen LogP contribution is 2.58.